The molecule has 0 spiro atoms. The largest absolute Gasteiger partial charge is 0.481 e. The summed E-state index contributed by atoms with van der Waals surface area (Å²) in [6.07, 6.45) is 2.93. The zero-order valence-electron chi connectivity index (χ0n) is 10.3. The van der Waals surface area contributed by atoms with E-state index in [1.807, 2.05) is 25.1 Å². The van der Waals surface area contributed by atoms with Crippen LogP contribution in [0.25, 0.3) is 0 Å². The summed E-state index contributed by atoms with van der Waals surface area (Å²) in [6.45, 7) is 2.72. The number of hydrogen-bond donors (Lipinski definition) is 1. The molecule has 0 saturated carbocycles. The number of aliphatic carboxylic acids is 1. The SMILES string of the molecule is CC(OCCCCCC(=O)O)c1ccccc1. The standard InChI is InChI=1S/C14H20O3/c1-12(13-8-4-2-5-9-13)17-11-7-3-6-10-14(15)16/h2,4-5,8-9,12H,3,6-7,10-11H2,1H3,(H,15,16). The van der Waals surface area contributed by atoms with Gasteiger partial charge in [0.15, 0.2) is 0 Å². The van der Waals surface area contributed by atoms with Gasteiger partial charge < -0.3 is 9.84 Å². The van der Waals surface area contributed by atoms with Crippen LogP contribution in [-0.4, -0.2) is 17.7 Å². The van der Waals surface area contributed by atoms with Gasteiger partial charge in [-0.15, -0.1) is 0 Å². The van der Waals surface area contributed by atoms with E-state index in [0.29, 0.717) is 6.61 Å². The highest BCUT2D eigenvalue weighted by Crippen LogP contribution is 2.16. The molecule has 1 rings (SSSR count). The molecule has 3 nitrogen and oxygen atoms in total. The molecule has 94 valence electrons. The minimum absolute atomic E-state index is 0.107. The number of rotatable bonds is 8. The van der Waals surface area contributed by atoms with Crippen molar-refractivity contribution in [2.75, 3.05) is 6.61 Å². The van der Waals surface area contributed by atoms with Crippen LogP contribution in [0, 0.1) is 0 Å². The first-order valence-electron chi connectivity index (χ1n) is 6.08. The number of ether oxygens (including phenoxy) is 1. The molecule has 1 atom stereocenters. The maximum atomic E-state index is 10.3. The van der Waals surface area contributed by atoms with Gasteiger partial charge in [-0.25, -0.2) is 0 Å². The second-order valence-electron chi connectivity index (χ2n) is 4.13. The fourth-order valence-corrected chi connectivity index (χ4v) is 1.64. The lowest BCUT2D eigenvalue weighted by Gasteiger charge is -2.13. The fraction of sp³-hybridized carbons (Fsp3) is 0.500. The molecule has 0 aliphatic heterocycles. The van der Waals surface area contributed by atoms with Crippen LogP contribution < -0.4 is 0 Å². The van der Waals surface area contributed by atoms with Gasteiger partial charge in [-0.05, 0) is 25.3 Å². The second kappa shape index (κ2) is 7.85. The van der Waals surface area contributed by atoms with E-state index in [-0.39, 0.29) is 12.5 Å². The normalized spacial score (nSPS) is 12.3. The Morgan fingerprint density at radius 3 is 2.59 bits per heavy atom. The first kappa shape index (κ1) is 13.7. The fourth-order valence-electron chi connectivity index (χ4n) is 1.64. The molecule has 0 aliphatic carbocycles. The van der Waals surface area contributed by atoms with Gasteiger partial charge >= 0.3 is 5.97 Å². The molecule has 1 aromatic rings. The Hall–Kier alpha value is -1.35. The zero-order chi connectivity index (χ0) is 12.5. The van der Waals surface area contributed by atoms with Crippen LogP contribution in [-0.2, 0) is 9.53 Å². The Morgan fingerprint density at radius 2 is 1.94 bits per heavy atom. The molecule has 0 saturated heterocycles. The number of carboxylic acid groups (broad SMARTS) is 1. The Balaban J connectivity index is 2.09. The Labute approximate surface area is 102 Å². The quantitative estimate of drug-likeness (QED) is 0.703. The molecule has 3 heteroatoms. The van der Waals surface area contributed by atoms with E-state index in [9.17, 15) is 4.79 Å². The molecule has 0 bridgehead atoms. The van der Waals surface area contributed by atoms with Gasteiger partial charge in [0.2, 0.25) is 0 Å². The van der Waals surface area contributed by atoms with Gasteiger partial charge in [0.05, 0.1) is 6.10 Å². The van der Waals surface area contributed by atoms with E-state index in [2.05, 4.69) is 12.1 Å². The van der Waals surface area contributed by atoms with Gasteiger partial charge in [-0.2, -0.15) is 0 Å². The Morgan fingerprint density at radius 1 is 1.24 bits per heavy atom. The van der Waals surface area contributed by atoms with Gasteiger partial charge in [0.1, 0.15) is 0 Å². The number of carboxylic acids is 1. The molecule has 17 heavy (non-hydrogen) atoms. The molecule has 1 aromatic carbocycles. The molecule has 1 N–H and O–H groups in total. The summed E-state index contributed by atoms with van der Waals surface area (Å²) in [6, 6.07) is 10.1. The van der Waals surface area contributed by atoms with Crippen LogP contribution in [0.3, 0.4) is 0 Å². The van der Waals surface area contributed by atoms with Gasteiger partial charge in [0.25, 0.3) is 0 Å². The predicted molar refractivity (Wildman–Crippen MR) is 66.9 cm³/mol. The molecular formula is C14H20O3. The molecular weight excluding hydrogens is 216 g/mol. The summed E-state index contributed by atoms with van der Waals surface area (Å²) < 4.78 is 5.69. The van der Waals surface area contributed by atoms with E-state index >= 15 is 0 Å². The predicted octanol–water partition coefficient (Wildman–Crippen LogP) is 3.41. The van der Waals surface area contributed by atoms with Crippen molar-refractivity contribution in [1.82, 2.24) is 0 Å². The van der Waals surface area contributed by atoms with E-state index < -0.39 is 5.97 Å². The maximum absolute atomic E-state index is 10.3. The van der Waals surface area contributed by atoms with E-state index in [1.54, 1.807) is 0 Å². The minimum Gasteiger partial charge on any atom is -0.481 e. The summed E-state index contributed by atoms with van der Waals surface area (Å²) in [5.74, 6) is -0.719. The third kappa shape index (κ3) is 6.07. The monoisotopic (exact) mass is 236 g/mol. The van der Waals surface area contributed by atoms with Crippen molar-refractivity contribution in [2.45, 2.75) is 38.7 Å². The van der Waals surface area contributed by atoms with Crippen molar-refractivity contribution >= 4 is 5.97 Å². The number of hydrogen-bond acceptors (Lipinski definition) is 2. The van der Waals surface area contributed by atoms with Crippen LogP contribution in [0.4, 0.5) is 0 Å². The van der Waals surface area contributed by atoms with Crippen LogP contribution in [0.5, 0.6) is 0 Å². The summed E-state index contributed by atoms with van der Waals surface area (Å²) in [5, 5.41) is 8.48. The highest BCUT2D eigenvalue weighted by atomic mass is 16.5. The van der Waals surface area contributed by atoms with Gasteiger partial charge in [-0.1, -0.05) is 36.8 Å². The first-order chi connectivity index (χ1) is 8.20. The highest BCUT2D eigenvalue weighted by Gasteiger charge is 2.04. The van der Waals surface area contributed by atoms with E-state index in [4.69, 9.17) is 9.84 Å². The summed E-state index contributed by atoms with van der Waals surface area (Å²) in [4.78, 5) is 10.3. The topological polar surface area (TPSA) is 46.5 Å². The number of carbonyl (C=O) groups is 1. The number of benzene rings is 1. The van der Waals surface area contributed by atoms with Crippen molar-refractivity contribution in [3.8, 4) is 0 Å². The molecule has 0 aliphatic rings. The van der Waals surface area contributed by atoms with Crippen molar-refractivity contribution in [1.29, 1.82) is 0 Å². The number of unbranched alkanes of at least 4 members (excludes halogenated alkanes) is 2. The van der Waals surface area contributed by atoms with Crippen molar-refractivity contribution < 1.29 is 14.6 Å². The van der Waals surface area contributed by atoms with E-state index in [1.165, 1.54) is 5.56 Å². The summed E-state index contributed by atoms with van der Waals surface area (Å²) in [7, 11) is 0. The van der Waals surface area contributed by atoms with Crippen LogP contribution in [0.2, 0.25) is 0 Å². The Kier molecular flexibility index (Phi) is 6.33. The lowest BCUT2D eigenvalue weighted by molar-refractivity contribution is -0.137. The third-order valence-corrected chi connectivity index (χ3v) is 2.67. The average Bonchev–Trinajstić information content (AvgIpc) is 2.34. The van der Waals surface area contributed by atoms with Crippen molar-refractivity contribution in [2.24, 2.45) is 0 Å². The molecule has 0 fully saturated rings. The van der Waals surface area contributed by atoms with E-state index in [0.717, 1.165) is 19.3 Å². The zero-order valence-corrected chi connectivity index (χ0v) is 10.3. The minimum atomic E-state index is -0.719. The Bertz CT molecular complexity index is 321. The maximum Gasteiger partial charge on any atom is 0.303 e. The summed E-state index contributed by atoms with van der Waals surface area (Å²) >= 11 is 0. The highest BCUT2D eigenvalue weighted by molar-refractivity contribution is 5.66. The average molecular weight is 236 g/mol. The van der Waals surface area contributed by atoms with Gasteiger partial charge in [0, 0.05) is 13.0 Å². The smallest absolute Gasteiger partial charge is 0.303 e. The lowest BCUT2D eigenvalue weighted by atomic mass is 10.1. The third-order valence-electron chi connectivity index (χ3n) is 2.67. The molecule has 0 aromatic heterocycles. The molecule has 1 unspecified atom stereocenters. The van der Waals surface area contributed by atoms with Crippen molar-refractivity contribution in [3.63, 3.8) is 0 Å². The van der Waals surface area contributed by atoms with Crippen LogP contribution >= 0.6 is 0 Å². The lowest BCUT2D eigenvalue weighted by Crippen LogP contribution is -2.02. The first-order valence-corrected chi connectivity index (χ1v) is 6.08. The summed E-state index contributed by atoms with van der Waals surface area (Å²) in [5.41, 5.74) is 1.18. The van der Waals surface area contributed by atoms with Crippen molar-refractivity contribution in [3.05, 3.63) is 35.9 Å². The second-order valence-corrected chi connectivity index (χ2v) is 4.13. The molecule has 0 amide bonds. The molecule has 0 radical (unpaired) electrons. The van der Waals surface area contributed by atoms with Crippen LogP contribution in [0.15, 0.2) is 30.3 Å². The van der Waals surface area contributed by atoms with Gasteiger partial charge in [-0.3, -0.25) is 4.79 Å². The van der Waals surface area contributed by atoms with Crippen LogP contribution in [0.1, 0.15) is 44.3 Å². The molecule has 0 heterocycles.